The van der Waals surface area contributed by atoms with Crippen molar-refractivity contribution in [1.82, 2.24) is 5.48 Å². The highest BCUT2D eigenvalue weighted by molar-refractivity contribution is 5.95. The number of para-hydroxylation sites is 2. The first-order valence-electron chi connectivity index (χ1n) is 8.31. The summed E-state index contributed by atoms with van der Waals surface area (Å²) in [6.45, 7) is 0. The Hall–Kier alpha value is -3.64. The van der Waals surface area contributed by atoms with E-state index in [1.807, 2.05) is 54.6 Å². The highest BCUT2D eigenvalue weighted by Gasteiger charge is 2.10. The number of ether oxygens (including phenoxy) is 1. The largest absolute Gasteiger partial charge is 0.457 e. The Morgan fingerprint density at radius 1 is 0.852 bits per heavy atom. The van der Waals surface area contributed by atoms with E-state index in [4.69, 9.17) is 9.94 Å². The second kappa shape index (κ2) is 8.64. The van der Waals surface area contributed by atoms with E-state index >= 15 is 0 Å². The quantitative estimate of drug-likeness (QED) is 0.460. The van der Waals surface area contributed by atoms with Gasteiger partial charge in [0.15, 0.2) is 0 Å². The fourth-order valence-corrected chi connectivity index (χ4v) is 2.51. The number of rotatable bonds is 6. The molecule has 3 aromatic carbocycles. The van der Waals surface area contributed by atoms with Crippen molar-refractivity contribution in [3.63, 3.8) is 0 Å². The molecule has 2 amide bonds. The first kappa shape index (κ1) is 18.2. The molecule has 0 heterocycles. The summed E-state index contributed by atoms with van der Waals surface area (Å²) in [5.41, 5.74) is 3.16. The van der Waals surface area contributed by atoms with Gasteiger partial charge in [-0.05, 0) is 42.5 Å². The zero-order valence-corrected chi connectivity index (χ0v) is 14.4. The molecule has 3 aromatic rings. The number of hydroxylamine groups is 1. The number of carbonyl (C=O) groups excluding carboxylic acids is 2. The molecular formula is C21H18N2O4. The molecule has 0 unspecified atom stereocenters. The molecule has 0 fully saturated rings. The molecule has 0 atom stereocenters. The molecule has 136 valence electrons. The minimum absolute atomic E-state index is 0.141. The van der Waals surface area contributed by atoms with Gasteiger partial charge in [0.25, 0.3) is 5.91 Å². The Labute approximate surface area is 156 Å². The van der Waals surface area contributed by atoms with Gasteiger partial charge < -0.3 is 10.1 Å². The standard InChI is InChI=1S/C21H18N2O4/c24-20(22-17-12-10-15(11-13-17)21(25)23-26)14-16-6-4-5-9-19(16)27-18-7-2-1-3-8-18/h1-13,26H,14H2,(H,22,24)(H,23,25). The van der Waals surface area contributed by atoms with Gasteiger partial charge in [-0.15, -0.1) is 0 Å². The van der Waals surface area contributed by atoms with E-state index in [2.05, 4.69) is 5.32 Å². The van der Waals surface area contributed by atoms with Crippen molar-refractivity contribution < 1.29 is 19.5 Å². The molecule has 3 N–H and O–H groups in total. The van der Waals surface area contributed by atoms with Crippen LogP contribution in [0.1, 0.15) is 15.9 Å². The third-order valence-corrected chi connectivity index (χ3v) is 3.83. The monoisotopic (exact) mass is 362 g/mol. The van der Waals surface area contributed by atoms with E-state index in [-0.39, 0.29) is 17.9 Å². The van der Waals surface area contributed by atoms with Gasteiger partial charge in [-0.1, -0.05) is 36.4 Å². The normalized spacial score (nSPS) is 10.1. The van der Waals surface area contributed by atoms with E-state index < -0.39 is 5.91 Å². The summed E-state index contributed by atoms with van der Waals surface area (Å²) < 4.78 is 5.87. The number of hydrogen-bond donors (Lipinski definition) is 3. The van der Waals surface area contributed by atoms with Crippen LogP contribution in [0.4, 0.5) is 5.69 Å². The summed E-state index contributed by atoms with van der Waals surface area (Å²) in [4.78, 5) is 23.7. The summed E-state index contributed by atoms with van der Waals surface area (Å²) in [7, 11) is 0. The molecule has 0 aliphatic rings. The Morgan fingerprint density at radius 2 is 1.52 bits per heavy atom. The molecule has 0 radical (unpaired) electrons. The third-order valence-electron chi connectivity index (χ3n) is 3.83. The topological polar surface area (TPSA) is 87.7 Å². The van der Waals surface area contributed by atoms with Crippen LogP contribution >= 0.6 is 0 Å². The fourth-order valence-electron chi connectivity index (χ4n) is 2.51. The predicted molar refractivity (Wildman–Crippen MR) is 101 cm³/mol. The zero-order valence-electron chi connectivity index (χ0n) is 14.4. The van der Waals surface area contributed by atoms with Gasteiger partial charge in [0.2, 0.25) is 5.91 Å². The first-order chi connectivity index (χ1) is 13.2. The highest BCUT2D eigenvalue weighted by atomic mass is 16.5. The number of anilines is 1. The number of carbonyl (C=O) groups is 2. The van der Waals surface area contributed by atoms with Crippen molar-refractivity contribution in [2.45, 2.75) is 6.42 Å². The van der Waals surface area contributed by atoms with E-state index in [0.29, 0.717) is 17.2 Å². The van der Waals surface area contributed by atoms with Gasteiger partial charge in [-0.2, -0.15) is 0 Å². The Morgan fingerprint density at radius 3 is 2.22 bits per heavy atom. The molecule has 27 heavy (non-hydrogen) atoms. The second-order valence-electron chi connectivity index (χ2n) is 5.77. The van der Waals surface area contributed by atoms with Gasteiger partial charge in [-0.3, -0.25) is 14.8 Å². The molecule has 3 rings (SSSR count). The summed E-state index contributed by atoms with van der Waals surface area (Å²) in [5, 5.41) is 11.4. The Kier molecular flexibility index (Phi) is 5.81. The average molecular weight is 362 g/mol. The van der Waals surface area contributed by atoms with Gasteiger partial charge >= 0.3 is 0 Å². The number of benzene rings is 3. The maximum absolute atomic E-state index is 12.4. The molecule has 0 bridgehead atoms. The molecule has 0 saturated heterocycles. The molecule has 0 aliphatic carbocycles. The van der Waals surface area contributed by atoms with Crippen LogP contribution in [0.2, 0.25) is 0 Å². The number of hydrogen-bond acceptors (Lipinski definition) is 4. The lowest BCUT2D eigenvalue weighted by molar-refractivity contribution is -0.115. The van der Waals surface area contributed by atoms with Crippen molar-refractivity contribution in [2.24, 2.45) is 0 Å². The Balaban J connectivity index is 1.67. The maximum Gasteiger partial charge on any atom is 0.274 e. The van der Waals surface area contributed by atoms with Crippen molar-refractivity contribution >= 4 is 17.5 Å². The van der Waals surface area contributed by atoms with Crippen LogP contribution < -0.4 is 15.5 Å². The molecule has 0 aliphatic heterocycles. The van der Waals surface area contributed by atoms with E-state index in [0.717, 1.165) is 5.56 Å². The smallest absolute Gasteiger partial charge is 0.274 e. The highest BCUT2D eigenvalue weighted by Crippen LogP contribution is 2.25. The summed E-state index contributed by atoms with van der Waals surface area (Å²) in [6.07, 6.45) is 0.141. The van der Waals surface area contributed by atoms with E-state index in [1.165, 1.54) is 12.1 Å². The average Bonchev–Trinajstić information content (AvgIpc) is 2.70. The van der Waals surface area contributed by atoms with Crippen LogP contribution in [-0.4, -0.2) is 17.0 Å². The molecule has 0 aromatic heterocycles. The molecule has 0 spiro atoms. The van der Waals surface area contributed by atoms with Crippen LogP contribution in [-0.2, 0) is 11.2 Å². The Bertz CT molecular complexity index is 924. The van der Waals surface area contributed by atoms with Crippen LogP contribution in [0.3, 0.4) is 0 Å². The van der Waals surface area contributed by atoms with Crippen LogP contribution in [0.5, 0.6) is 11.5 Å². The minimum atomic E-state index is -0.611. The van der Waals surface area contributed by atoms with Crippen molar-refractivity contribution in [1.29, 1.82) is 0 Å². The van der Waals surface area contributed by atoms with E-state index in [1.54, 1.807) is 17.6 Å². The molecule has 0 saturated carbocycles. The second-order valence-corrected chi connectivity index (χ2v) is 5.77. The third kappa shape index (κ3) is 4.93. The molecule has 6 nitrogen and oxygen atoms in total. The van der Waals surface area contributed by atoms with Crippen molar-refractivity contribution in [2.75, 3.05) is 5.32 Å². The van der Waals surface area contributed by atoms with Crippen LogP contribution in [0.25, 0.3) is 0 Å². The van der Waals surface area contributed by atoms with E-state index in [9.17, 15) is 9.59 Å². The summed E-state index contributed by atoms with van der Waals surface area (Å²) in [5.74, 6) is 0.496. The molecular weight excluding hydrogens is 344 g/mol. The number of nitrogens with one attached hydrogen (secondary N) is 2. The van der Waals surface area contributed by atoms with Crippen molar-refractivity contribution in [3.05, 3.63) is 90.0 Å². The van der Waals surface area contributed by atoms with Crippen molar-refractivity contribution in [3.8, 4) is 11.5 Å². The number of amides is 2. The van der Waals surface area contributed by atoms with Gasteiger partial charge in [-0.25, -0.2) is 5.48 Å². The van der Waals surface area contributed by atoms with Crippen LogP contribution in [0.15, 0.2) is 78.9 Å². The minimum Gasteiger partial charge on any atom is -0.457 e. The lowest BCUT2D eigenvalue weighted by atomic mass is 10.1. The summed E-state index contributed by atoms with van der Waals surface area (Å²) in [6, 6.07) is 22.9. The lowest BCUT2D eigenvalue weighted by Gasteiger charge is -2.11. The SMILES string of the molecule is O=C(Cc1ccccc1Oc1ccccc1)Nc1ccc(C(=O)NO)cc1. The summed E-state index contributed by atoms with van der Waals surface area (Å²) >= 11 is 0. The first-order valence-corrected chi connectivity index (χ1v) is 8.31. The van der Waals surface area contributed by atoms with Gasteiger partial charge in [0, 0.05) is 16.8 Å². The fraction of sp³-hybridized carbons (Fsp3) is 0.0476. The lowest BCUT2D eigenvalue weighted by Crippen LogP contribution is -2.19. The zero-order chi connectivity index (χ0) is 19.1. The predicted octanol–water partition coefficient (Wildman–Crippen LogP) is 3.78. The van der Waals surface area contributed by atoms with Gasteiger partial charge in [0.1, 0.15) is 11.5 Å². The maximum atomic E-state index is 12.4. The van der Waals surface area contributed by atoms with Gasteiger partial charge in [0.05, 0.1) is 6.42 Å². The van der Waals surface area contributed by atoms with Crippen LogP contribution in [0, 0.1) is 0 Å². The molecule has 6 heteroatoms.